The topological polar surface area (TPSA) is 12.0 Å². The standard InChI is InChI=1S/C16H17BrClN/c1-19-11-14(13-3-2-4-16(18)10-13)9-12-5-7-15(17)8-6-12/h2-8,10,14,19H,9,11H2,1H3. The van der Waals surface area contributed by atoms with E-state index in [1.807, 2.05) is 19.2 Å². The van der Waals surface area contributed by atoms with Crippen molar-refractivity contribution in [2.75, 3.05) is 13.6 Å². The molecule has 0 saturated carbocycles. The van der Waals surface area contributed by atoms with Crippen molar-refractivity contribution in [3.63, 3.8) is 0 Å². The smallest absolute Gasteiger partial charge is 0.0408 e. The number of nitrogens with one attached hydrogen (secondary N) is 1. The maximum absolute atomic E-state index is 6.09. The van der Waals surface area contributed by atoms with Crippen molar-refractivity contribution in [2.45, 2.75) is 12.3 Å². The monoisotopic (exact) mass is 337 g/mol. The van der Waals surface area contributed by atoms with Crippen molar-refractivity contribution in [3.8, 4) is 0 Å². The van der Waals surface area contributed by atoms with Crippen LogP contribution < -0.4 is 5.32 Å². The molecular formula is C16H17BrClN. The van der Waals surface area contributed by atoms with E-state index >= 15 is 0 Å². The summed E-state index contributed by atoms with van der Waals surface area (Å²) in [6, 6.07) is 16.6. The van der Waals surface area contributed by atoms with E-state index < -0.39 is 0 Å². The summed E-state index contributed by atoms with van der Waals surface area (Å²) in [5, 5.41) is 4.07. The van der Waals surface area contributed by atoms with Crippen LogP contribution in [0, 0.1) is 0 Å². The maximum atomic E-state index is 6.09. The summed E-state index contributed by atoms with van der Waals surface area (Å²) in [5.41, 5.74) is 2.62. The molecule has 0 aliphatic carbocycles. The Kier molecular flexibility index (Phi) is 5.44. The lowest BCUT2D eigenvalue weighted by Crippen LogP contribution is -2.19. The van der Waals surface area contributed by atoms with E-state index in [1.54, 1.807) is 0 Å². The molecule has 2 aromatic rings. The minimum atomic E-state index is 0.435. The van der Waals surface area contributed by atoms with Gasteiger partial charge < -0.3 is 5.32 Å². The first-order valence-electron chi connectivity index (χ1n) is 6.33. The van der Waals surface area contributed by atoms with Gasteiger partial charge in [-0.2, -0.15) is 0 Å². The van der Waals surface area contributed by atoms with E-state index in [0.29, 0.717) is 5.92 Å². The molecule has 0 amide bonds. The Morgan fingerprint density at radius 1 is 1.16 bits per heavy atom. The van der Waals surface area contributed by atoms with Gasteiger partial charge in [-0.3, -0.25) is 0 Å². The molecule has 1 N–H and O–H groups in total. The zero-order valence-electron chi connectivity index (χ0n) is 10.9. The highest BCUT2D eigenvalue weighted by molar-refractivity contribution is 9.10. The molecule has 2 aromatic carbocycles. The summed E-state index contributed by atoms with van der Waals surface area (Å²) in [5.74, 6) is 0.435. The van der Waals surface area contributed by atoms with Crippen molar-refractivity contribution >= 4 is 27.5 Å². The fraction of sp³-hybridized carbons (Fsp3) is 0.250. The molecule has 19 heavy (non-hydrogen) atoms. The largest absolute Gasteiger partial charge is 0.319 e. The van der Waals surface area contributed by atoms with Gasteiger partial charge >= 0.3 is 0 Å². The zero-order valence-corrected chi connectivity index (χ0v) is 13.2. The number of hydrogen-bond donors (Lipinski definition) is 1. The predicted octanol–water partition coefficient (Wildman–Crippen LogP) is 4.65. The van der Waals surface area contributed by atoms with E-state index in [9.17, 15) is 0 Å². The van der Waals surface area contributed by atoms with Gasteiger partial charge in [0.1, 0.15) is 0 Å². The van der Waals surface area contributed by atoms with Crippen LogP contribution in [0.25, 0.3) is 0 Å². The molecule has 2 rings (SSSR count). The number of hydrogen-bond acceptors (Lipinski definition) is 1. The quantitative estimate of drug-likeness (QED) is 0.837. The average Bonchev–Trinajstić information content (AvgIpc) is 2.41. The molecule has 0 spiro atoms. The summed E-state index contributed by atoms with van der Waals surface area (Å²) < 4.78 is 1.11. The van der Waals surface area contributed by atoms with Crippen molar-refractivity contribution < 1.29 is 0 Å². The van der Waals surface area contributed by atoms with Gasteiger partial charge in [-0.05, 0) is 48.9 Å². The van der Waals surface area contributed by atoms with Gasteiger partial charge in [-0.1, -0.05) is 51.8 Å². The summed E-state index contributed by atoms with van der Waals surface area (Å²) in [6.07, 6.45) is 1.01. The fourth-order valence-corrected chi connectivity index (χ4v) is 2.68. The van der Waals surface area contributed by atoms with Crippen molar-refractivity contribution in [1.82, 2.24) is 5.32 Å². The van der Waals surface area contributed by atoms with E-state index in [-0.39, 0.29) is 0 Å². The van der Waals surface area contributed by atoms with E-state index in [1.165, 1.54) is 11.1 Å². The molecule has 0 aliphatic heterocycles. The molecule has 1 atom stereocenters. The van der Waals surface area contributed by atoms with Crippen LogP contribution in [-0.2, 0) is 6.42 Å². The fourth-order valence-electron chi connectivity index (χ4n) is 2.22. The third kappa shape index (κ3) is 4.34. The Bertz CT molecular complexity index is 525. The minimum Gasteiger partial charge on any atom is -0.319 e. The van der Waals surface area contributed by atoms with E-state index in [4.69, 9.17) is 11.6 Å². The summed E-state index contributed by atoms with van der Waals surface area (Å²) >= 11 is 9.55. The molecule has 0 radical (unpaired) electrons. The molecule has 0 saturated heterocycles. The van der Waals surface area contributed by atoms with Crippen LogP contribution in [-0.4, -0.2) is 13.6 Å². The van der Waals surface area contributed by atoms with Crippen molar-refractivity contribution in [3.05, 3.63) is 69.2 Å². The predicted molar refractivity (Wildman–Crippen MR) is 86.0 cm³/mol. The molecule has 1 nitrogen and oxygen atoms in total. The molecule has 0 fully saturated rings. The number of benzene rings is 2. The first-order valence-corrected chi connectivity index (χ1v) is 7.50. The van der Waals surface area contributed by atoms with Gasteiger partial charge in [0.05, 0.1) is 0 Å². The van der Waals surface area contributed by atoms with Crippen molar-refractivity contribution in [1.29, 1.82) is 0 Å². The zero-order chi connectivity index (χ0) is 13.7. The van der Waals surface area contributed by atoms with Crippen LogP contribution in [0.5, 0.6) is 0 Å². The lowest BCUT2D eigenvalue weighted by atomic mass is 9.92. The van der Waals surface area contributed by atoms with Gasteiger partial charge in [0.25, 0.3) is 0 Å². The van der Waals surface area contributed by atoms with Crippen LogP contribution in [0.2, 0.25) is 5.02 Å². The van der Waals surface area contributed by atoms with Gasteiger partial charge in [0.2, 0.25) is 0 Å². The lowest BCUT2D eigenvalue weighted by Gasteiger charge is -2.17. The van der Waals surface area contributed by atoms with Crippen molar-refractivity contribution in [2.24, 2.45) is 0 Å². The number of likely N-dealkylation sites (N-methyl/N-ethyl adjacent to an activating group) is 1. The second kappa shape index (κ2) is 7.09. The molecule has 0 aliphatic rings. The van der Waals surface area contributed by atoms with Crippen LogP contribution in [0.15, 0.2) is 53.0 Å². The first-order chi connectivity index (χ1) is 9.19. The number of rotatable bonds is 5. The van der Waals surface area contributed by atoms with Crippen LogP contribution >= 0.6 is 27.5 Å². The third-order valence-corrected chi connectivity index (χ3v) is 3.93. The van der Waals surface area contributed by atoms with Crippen LogP contribution in [0.4, 0.5) is 0 Å². The second-order valence-electron chi connectivity index (χ2n) is 4.64. The minimum absolute atomic E-state index is 0.435. The Morgan fingerprint density at radius 2 is 1.89 bits per heavy atom. The molecule has 1 unspecified atom stereocenters. The Labute approximate surface area is 128 Å². The molecule has 0 aromatic heterocycles. The molecule has 0 heterocycles. The molecular weight excluding hydrogens is 322 g/mol. The van der Waals surface area contributed by atoms with E-state index in [0.717, 1.165) is 22.5 Å². The third-order valence-electron chi connectivity index (χ3n) is 3.17. The highest BCUT2D eigenvalue weighted by Crippen LogP contribution is 2.24. The molecule has 0 bridgehead atoms. The van der Waals surface area contributed by atoms with Gasteiger partial charge in [-0.15, -0.1) is 0 Å². The molecule has 3 heteroatoms. The van der Waals surface area contributed by atoms with Gasteiger partial charge in [0, 0.05) is 22.0 Å². The average molecular weight is 339 g/mol. The summed E-state index contributed by atoms with van der Waals surface area (Å²) in [6.45, 7) is 0.941. The number of halogens is 2. The van der Waals surface area contributed by atoms with Crippen LogP contribution in [0.3, 0.4) is 0 Å². The highest BCUT2D eigenvalue weighted by atomic mass is 79.9. The van der Waals surface area contributed by atoms with Crippen LogP contribution in [0.1, 0.15) is 17.0 Å². The summed E-state index contributed by atoms with van der Waals surface area (Å²) in [4.78, 5) is 0. The normalized spacial score (nSPS) is 12.4. The SMILES string of the molecule is CNCC(Cc1ccc(Br)cc1)c1cccc(Cl)c1. The summed E-state index contributed by atoms with van der Waals surface area (Å²) in [7, 11) is 1.99. The second-order valence-corrected chi connectivity index (χ2v) is 5.99. The Hall–Kier alpha value is -0.830. The molecule has 100 valence electrons. The first kappa shape index (κ1) is 14.6. The Balaban J connectivity index is 2.18. The Morgan fingerprint density at radius 3 is 2.53 bits per heavy atom. The van der Waals surface area contributed by atoms with Gasteiger partial charge in [0.15, 0.2) is 0 Å². The van der Waals surface area contributed by atoms with Gasteiger partial charge in [-0.25, -0.2) is 0 Å². The maximum Gasteiger partial charge on any atom is 0.0408 e. The highest BCUT2D eigenvalue weighted by Gasteiger charge is 2.12. The van der Waals surface area contributed by atoms with E-state index in [2.05, 4.69) is 57.6 Å². The lowest BCUT2D eigenvalue weighted by molar-refractivity contribution is 0.626.